The Morgan fingerprint density at radius 3 is 2.05 bits per heavy atom. The molecule has 214 valence electrons. The number of benzene rings is 4. The zero-order valence-corrected chi connectivity index (χ0v) is 24.4. The number of fused-ring (bicyclic) bond motifs is 2. The molecule has 0 atom stereocenters. The summed E-state index contributed by atoms with van der Waals surface area (Å²) in [5.41, 5.74) is 2.57. The third kappa shape index (κ3) is 5.63. The summed E-state index contributed by atoms with van der Waals surface area (Å²) in [7, 11) is 0. The molecule has 0 aliphatic carbocycles. The van der Waals surface area contributed by atoms with E-state index in [0.29, 0.717) is 27.2 Å². The van der Waals surface area contributed by atoms with Crippen LogP contribution in [0.1, 0.15) is 22.3 Å². The van der Waals surface area contributed by atoms with Crippen molar-refractivity contribution in [2.75, 3.05) is 0 Å². The van der Waals surface area contributed by atoms with E-state index in [1.54, 1.807) is 30.3 Å². The summed E-state index contributed by atoms with van der Waals surface area (Å²) in [5.74, 6) is -1.82. The number of hydrogen-bond acceptors (Lipinski definition) is 5. The van der Waals surface area contributed by atoms with Gasteiger partial charge in [-0.25, -0.2) is 23.1 Å². The second kappa shape index (κ2) is 12.0. The molecule has 0 saturated heterocycles. The topological polar surface area (TPSA) is 75.8 Å². The van der Waals surface area contributed by atoms with Crippen molar-refractivity contribution < 1.29 is 22.0 Å². The first-order chi connectivity index (χ1) is 20.6. The lowest BCUT2D eigenvalue weighted by atomic mass is 10.1. The molecule has 2 heterocycles. The van der Waals surface area contributed by atoms with Crippen LogP contribution in [0.5, 0.6) is 0 Å². The van der Waals surface area contributed by atoms with Crippen molar-refractivity contribution in [2.45, 2.75) is 6.92 Å². The van der Waals surface area contributed by atoms with Gasteiger partial charge in [0.15, 0.2) is 22.8 Å². The maximum atomic E-state index is 14.3. The number of hydrogen-bond donors (Lipinski definition) is 0. The van der Waals surface area contributed by atoms with Gasteiger partial charge in [0.1, 0.15) is 22.9 Å². The minimum absolute atomic E-state index is 0.00483. The van der Waals surface area contributed by atoms with E-state index in [2.05, 4.69) is 23.1 Å². The highest BCUT2D eigenvalue weighted by Gasteiger charge is 2.20. The fourth-order valence-electron chi connectivity index (χ4n) is 4.18. The average Bonchev–Trinajstić information content (AvgIpc) is 3.60. The Labute approximate surface area is 258 Å². The van der Waals surface area contributed by atoms with Crippen LogP contribution in [-0.4, -0.2) is 9.97 Å². The van der Waals surface area contributed by atoms with Gasteiger partial charge in [0.2, 0.25) is 11.8 Å². The van der Waals surface area contributed by atoms with Gasteiger partial charge in [-0.3, -0.25) is 0 Å². The molecule has 0 radical (unpaired) electrons. The molecule has 0 spiro atoms. The Kier molecular flexibility index (Phi) is 8.34. The largest absolute Gasteiger partial charge is 0.433 e. The highest BCUT2D eigenvalue weighted by molar-refractivity contribution is 6.33. The summed E-state index contributed by atoms with van der Waals surface area (Å²) in [6, 6.07) is 14.6. The fourth-order valence-corrected chi connectivity index (χ4v) is 4.86. The number of aryl methyl sites for hydroxylation is 1. The molecule has 0 N–H and O–H groups in total. The van der Waals surface area contributed by atoms with Crippen molar-refractivity contribution in [3.63, 3.8) is 0 Å². The minimum atomic E-state index is -0.817. The molecule has 6 aromatic rings. The quantitative estimate of drug-likeness (QED) is 0.192. The second-order valence-electron chi connectivity index (χ2n) is 9.10. The van der Waals surface area contributed by atoms with E-state index in [4.69, 9.17) is 48.9 Å². The van der Waals surface area contributed by atoms with E-state index in [-0.39, 0.29) is 49.6 Å². The number of aromatic nitrogens is 2. The molecule has 0 aliphatic heterocycles. The van der Waals surface area contributed by atoms with Crippen LogP contribution in [0.15, 0.2) is 70.5 Å². The molecule has 4 aromatic carbocycles. The summed E-state index contributed by atoms with van der Waals surface area (Å²) in [5, 5.41) is 9.78. The molecule has 11 heteroatoms. The standard InChI is InChI=1S/C16H7Cl2FN2O.C16H10ClF2NO/c1-2-10-12(18)6-13-15(14(10)19)22-16(21-13)8-3-4-9(7-20)11(17)5-8;1-3-9-12(18)7-13-15(14(9)19)21-16(20-13)10-6-8(2)4-5-11(10)17/h2-6H,1H2;3-7H,1H2,2H3. The number of nitriles is 1. The lowest BCUT2D eigenvalue weighted by molar-refractivity contribution is 0.548. The Bertz CT molecular complexity index is 2130. The summed E-state index contributed by atoms with van der Waals surface area (Å²) in [6.07, 6.45) is 2.42. The van der Waals surface area contributed by atoms with Crippen LogP contribution in [0.25, 0.3) is 57.3 Å². The van der Waals surface area contributed by atoms with Gasteiger partial charge in [-0.15, -0.1) is 0 Å². The number of nitrogens with zero attached hydrogens (tertiary/aromatic N) is 3. The molecule has 5 nitrogen and oxygen atoms in total. The molecular formula is C32H17Cl3F3N3O2. The van der Waals surface area contributed by atoms with E-state index >= 15 is 0 Å². The summed E-state index contributed by atoms with van der Waals surface area (Å²) >= 11 is 18.1. The molecule has 0 saturated carbocycles. The molecular weight excluding hydrogens is 622 g/mol. The molecule has 2 aromatic heterocycles. The Balaban J connectivity index is 0.000000171. The van der Waals surface area contributed by atoms with Crippen LogP contribution in [0.4, 0.5) is 13.2 Å². The van der Waals surface area contributed by atoms with Crippen molar-refractivity contribution in [3.8, 4) is 29.0 Å². The van der Waals surface area contributed by atoms with E-state index in [0.717, 1.165) is 17.7 Å². The summed E-state index contributed by atoms with van der Waals surface area (Å²) in [6.45, 7) is 8.79. The van der Waals surface area contributed by atoms with Crippen LogP contribution in [-0.2, 0) is 0 Å². The molecule has 0 amide bonds. The maximum Gasteiger partial charge on any atom is 0.228 e. The van der Waals surface area contributed by atoms with Crippen molar-refractivity contribution in [3.05, 3.63) is 116 Å². The maximum absolute atomic E-state index is 14.3. The van der Waals surface area contributed by atoms with Gasteiger partial charge in [0.05, 0.1) is 26.2 Å². The lowest BCUT2D eigenvalue weighted by Crippen LogP contribution is -1.89. The smallest absolute Gasteiger partial charge is 0.228 e. The number of halogens is 6. The molecule has 0 bridgehead atoms. The zero-order valence-electron chi connectivity index (χ0n) is 22.1. The Morgan fingerprint density at radius 1 is 0.767 bits per heavy atom. The van der Waals surface area contributed by atoms with Gasteiger partial charge >= 0.3 is 0 Å². The first-order valence-corrected chi connectivity index (χ1v) is 13.5. The van der Waals surface area contributed by atoms with Gasteiger partial charge in [0.25, 0.3) is 0 Å². The molecule has 43 heavy (non-hydrogen) atoms. The van der Waals surface area contributed by atoms with Crippen LogP contribution in [0.3, 0.4) is 0 Å². The Hall–Kier alpha value is -4.55. The van der Waals surface area contributed by atoms with Gasteiger partial charge in [-0.2, -0.15) is 5.26 Å². The third-order valence-electron chi connectivity index (χ3n) is 6.32. The SMILES string of the molecule is C=Cc1c(Cl)cc2nc(-c3ccc(C#N)c(Cl)c3)oc2c1F.C=Cc1c(F)cc2nc(-c3cc(C)ccc3Cl)oc2c1F. The van der Waals surface area contributed by atoms with E-state index in [1.807, 2.05) is 19.1 Å². The summed E-state index contributed by atoms with van der Waals surface area (Å²) < 4.78 is 53.1. The first kappa shape index (κ1) is 29.9. The number of oxazole rings is 2. The van der Waals surface area contributed by atoms with Crippen molar-refractivity contribution in [1.29, 1.82) is 5.26 Å². The molecule has 0 unspecified atom stereocenters. The van der Waals surface area contributed by atoms with Gasteiger partial charge in [-0.1, -0.05) is 71.7 Å². The van der Waals surface area contributed by atoms with Crippen LogP contribution in [0.2, 0.25) is 15.1 Å². The van der Waals surface area contributed by atoms with Crippen molar-refractivity contribution >= 4 is 69.2 Å². The van der Waals surface area contributed by atoms with E-state index in [9.17, 15) is 13.2 Å². The normalized spacial score (nSPS) is 10.8. The molecule has 0 aliphatic rings. The van der Waals surface area contributed by atoms with Crippen LogP contribution >= 0.6 is 34.8 Å². The monoisotopic (exact) mass is 637 g/mol. The summed E-state index contributed by atoms with van der Waals surface area (Å²) in [4.78, 5) is 8.33. The number of rotatable bonds is 4. The van der Waals surface area contributed by atoms with Crippen LogP contribution < -0.4 is 0 Å². The molecule has 0 fully saturated rings. The fraction of sp³-hybridized carbons (Fsp3) is 0.0312. The van der Waals surface area contributed by atoms with Crippen LogP contribution in [0, 0.1) is 35.7 Å². The van der Waals surface area contributed by atoms with E-state index in [1.165, 1.54) is 12.1 Å². The minimum Gasteiger partial charge on any atom is -0.433 e. The highest BCUT2D eigenvalue weighted by atomic mass is 35.5. The predicted molar refractivity (Wildman–Crippen MR) is 163 cm³/mol. The first-order valence-electron chi connectivity index (χ1n) is 12.3. The van der Waals surface area contributed by atoms with Crippen molar-refractivity contribution in [2.24, 2.45) is 0 Å². The average molecular weight is 639 g/mol. The third-order valence-corrected chi connectivity index (χ3v) is 7.27. The second-order valence-corrected chi connectivity index (χ2v) is 10.3. The lowest BCUT2D eigenvalue weighted by Gasteiger charge is -2.00. The van der Waals surface area contributed by atoms with Gasteiger partial charge < -0.3 is 8.83 Å². The van der Waals surface area contributed by atoms with E-state index < -0.39 is 17.5 Å². The predicted octanol–water partition coefficient (Wildman–Crippen LogP) is 10.8. The zero-order chi connectivity index (χ0) is 31.0. The van der Waals surface area contributed by atoms with Gasteiger partial charge in [-0.05, 0) is 43.3 Å². The van der Waals surface area contributed by atoms with Crippen molar-refractivity contribution in [1.82, 2.24) is 9.97 Å². The molecule has 6 rings (SSSR count). The highest BCUT2D eigenvalue weighted by Crippen LogP contribution is 2.35. The van der Waals surface area contributed by atoms with Gasteiger partial charge in [0, 0.05) is 22.8 Å². The Morgan fingerprint density at radius 2 is 1.40 bits per heavy atom.